The molecular weight excluding hydrogens is 473 g/mol. The number of carbonyl (C=O) groups excluding carboxylic acids is 2. The monoisotopic (exact) mass is 493 g/mol. The summed E-state index contributed by atoms with van der Waals surface area (Å²) in [5, 5.41) is 13.2. The van der Waals surface area contributed by atoms with Gasteiger partial charge in [0.05, 0.1) is 46.0 Å². The number of nitro groups is 1. The Kier molecular flexibility index (Phi) is 7.45. The molecule has 0 bridgehead atoms. The maximum atomic E-state index is 12.9. The van der Waals surface area contributed by atoms with Gasteiger partial charge < -0.3 is 9.47 Å². The van der Waals surface area contributed by atoms with Gasteiger partial charge in [0.1, 0.15) is 5.57 Å². The summed E-state index contributed by atoms with van der Waals surface area (Å²) in [6.07, 6.45) is 1.90. The van der Waals surface area contributed by atoms with Crippen molar-refractivity contribution in [3.8, 4) is 11.5 Å². The number of amides is 2. The molecular formula is C22H21Cl2N3O6. The molecule has 0 aromatic heterocycles. The van der Waals surface area contributed by atoms with Crippen molar-refractivity contribution in [2.24, 2.45) is 5.92 Å². The number of methoxy groups -OCH3 is 1. The van der Waals surface area contributed by atoms with E-state index in [2.05, 4.69) is 5.43 Å². The molecule has 1 heterocycles. The minimum atomic E-state index is -0.725. The van der Waals surface area contributed by atoms with Gasteiger partial charge in [0, 0.05) is 0 Å². The lowest BCUT2D eigenvalue weighted by Crippen LogP contribution is -2.35. The third kappa shape index (κ3) is 5.37. The minimum Gasteiger partial charge on any atom is -0.493 e. The van der Waals surface area contributed by atoms with E-state index in [-0.39, 0.29) is 44.1 Å². The fourth-order valence-corrected chi connectivity index (χ4v) is 3.33. The van der Waals surface area contributed by atoms with Crippen LogP contribution in [-0.4, -0.2) is 30.5 Å². The Morgan fingerprint density at radius 2 is 1.88 bits per heavy atom. The van der Waals surface area contributed by atoms with E-state index in [0.29, 0.717) is 12.5 Å². The fourth-order valence-electron chi connectivity index (χ4n) is 3.03. The minimum absolute atomic E-state index is 0.0162. The van der Waals surface area contributed by atoms with Crippen LogP contribution in [0.15, 0.2) is 35.9 Å². The summed E-state index contributed by atoms with van der Waals surface area (Å²) in [5.74, 6) is -0.601. The van der Waals surface area contributed by atoms with Crippen molar-refractivity contribution < 1.29 is 24.0 Å². The summed E-state index contributed by atoms with van der Waals surface area (Å²) < 4.78 is 11.0. The SMILES string of the molecule is COc1cc(C=C2C(=O)NN(c3ccc(Cl)c(Cl)c3)C2=O)c([N+](=O)[O-])cc1OCCC(C)C. The lowest BCUT2D eigenvalue weighted by Gasteiger charge is -2.15. The van der Waals surface area contributed by atoms with Crippen LogP contribution in [0.4, 0.5) is 11.4 Å². The number of nitro benzene ring substituents is 1. The highest BCUT2D eigenvalue weighted by Crippen LogP contribution is 2.37. The molecule has 174 valence electrons. The third-order valence-corrected chi connectivity index (χ3v) is 5.55. The Balaban J connectivity index is 1.98. The van der Waals surface area contributed by atoms with Gasteiger partial charge in [0.15, 0.2) is 11.5 Å². The molecule has 0 radical (unpaired) electrons. The molecule has 1 N–H and O–H groups in total. The van der Waals surface area contributed by atoms with Gasteiger partial charge in [-0.05, 0) is 42.7 Å². The molecule has 0 saturated carbocycles. The average Bonchev–Trinajstić information content (AvgIpc) is 3.04. The van der Waals surface area contributed by atoms with Crippen LogP contribution in [0.25, 0.3) is 6.08 Å². The second-order valence-electron chi connectivity index (χ2n) is 7.59. The first-order valence-electron chi connectivity index (χ1n) is 9.93. The normalized spacial score (nSPS) is 14.7. The molecule has 2 aromatic carbocycles. The summed E-state index contributed by atoms with van der Waals surface area (Å²) in [6, 6.07) is 6.98. The molecule has 0 spiro atoms. The topological polar surface area (TPSA) is 111 Å². The third-order valence-electron chi connectivity index (χ3n) is 4.82. The predicted molar refractivity (Wildman–Crippen MR) is 125 cm³/mol. The van der Waals surface area contributed by atoms with Gasteiger partial charge >= 0.3 is 0 Å². The van der Waals surface area contributed by atoms with E-state index in [0.717, 1.165) is 17.5 Å². The molecule has 1 aliphatic heterocycles. The van der Waals surface area contributed by atoms with E-state index >= 15 is 0 Å². The number of rotatable bonds is 8. The van der Waals surface area contributed by atoms with Crippen LogP contribution in [0.1, 0.15) is 25.8 Å². The molecule has 1 saturated heterocycles. The average molecular weight is 494 g/mol. The molecule has 3 rings (SSSR count). The zero-order valence-electron chi connectivity index (χ0n) is 18.1. The molecule has 2 amide bonds. The van der Waals surface area contributed by atoms with E-state index in [1.807, 2.05) is 13.8 Å². The zero-order chi connectivity index (χ0) is 24.3. The van der Waals surface area contributed by atoms with Crippen molar-refractivity contribution in [1.82, 2.24) is 5.43 Å². The van der Waals surface area contributed by atoms with Crippen LogP contribution in [0.5, 0.6) is 11.5 Å². The van der Waals surface area contributed by atoms with E-state index in [1.54, 1.807) is 0 Å². The number of carbonyl (C=O) groups is 2. The van der Waals surface area contributed by atoms with Crippen LogP contribution in [0, 0.1) is 16.0 Å². The molecule has 9 nitrogen and oxygen atoms in total. The van der Waals surface area contributed by atoms with Gasteiger partial charge in [-0.25, -0.2) is 5.01 Å². The second kappa shape index (κ2) is 10.1. The summed E-state index contributed by atoms with van der Waals surface area (Å²) >= 11 is 11.9. The number of ether oxygens (including phenoxy) is 2. The van der Waals surface area contributed by atoms with Gasteiger partial charge in [-0.1, -0.05) is 37.0 Å². The smallest absolute Gasteiger partial charge is 0.282 e. The lowest BCUT2D eigenvalue weighted by atomic mass is 10.1. The predicted octanol–water partition coefficient (Wildman–Crippen LogP) is 4.80. The van der Waals surface area contributed by atoms with Crippen LogP contribution < -0.4 is 19.9 Å². The fraction of sp³-hybridized carbons (Fsp3) is 0.273. The highest BCUT2D eigenvalue weighted by atomic mass is 35.5. The molecule has 0 atom stereocenters. The lowest BCUT2D eigenvalue weighted by molar-refractivity contribution is -0.385. The summed E-state index contributed by atoms with van der Waals surface area (Å²) in [4.78, 5) is 36.5. The largest absolute Gasteiger partial charge is 0.493 e. The van der Waals surface area contributed by atoms with E-state index < -0.39 is 16.7 Å². The molecule has 11 heteroatoms. The Bertz CT molecular complexity index is 1150. The first-order chi connectivity index (χ1) is 15.6. The number of hydrazine groups is 1. The zero-order valence-corrected chi connectivity index (χ0v) is 19.6. The molecule has 0 unspecified atom stereocenters. The maximum Gasteiger partial charge on any atom is 0.282 e. The van der Waals surface area contributed by atoms with Crippen molar-refractivity contribution >= 4 is 52.5 Å². The van der Waals surface area contributed by atoms with Crippen LogP contribution in [-0.2, 0) is 9.59 Å². The Morgan fingerprint density at radius 1 is 1.15 bits per heavy atom. The van der Waals surface area contributed by atoms with E-state index in [9.17, 15) is 19.7 Å². The van der Waals surface area contributed by atoms with Crippen molar-refractivity contribution in [3.05, 3.63) is 61.6 Å². The van der Waals surface area contributed by atoms with E-state index in [4.69, 9.17) is 32.7 Å². The number of hydrogen-bond donors (Lipinski definition) is 1. The molecule has 0 aliphatic carbocycles. The standard InChI is InChI=1S/C22H21Cl2N3O6/c1-12(2)6-7-33-20-11-18(27(30)31)13(9-19(20)32-3)8-15-21(28)25-26(22(15)29)14-4-5-16(23)17(24)10-14/h4-5,8-12H,6-7H2,1-3H3,(H,25,28). The summed E-state index contributed by atoms with van der Waals surface area (Å²) in [7, 11) is 1.40. The number of nitrogens with zero attached hydrogens (tertiary/aromatic N) is 2. The maximum absolute atomic E-state index is 12.9. The number of benzene rings is 2. The second-order valence-corrected chi connectivity index (χ2v) is 8.40. The van der Waals surface area contributed by atoms with Gasteiger partial charge in [-0.2, -0.15) is 0 Å². The highest BCUT2D eigenvalue weighted by Gasteiger charge is 2.35. The summed E-state index contributed by atoms with van der Waals surface area (Å²) in [5.41, 5.74) is 2.09. The Labute approximate surface area is 200 Å². The molecule has 33 heavy (non-hydrogen) atoms. The van der Waals surface area contributed by atoms with Gasteiger partial charge in [0.2, 0.25) is 0 Å². The number of nitrogens with one attached hydrogen (secondary N) is 1. The first kappa shape index (κ1) is 24.3. The van der Waals surface area contributed by atoms with Crippen LogP contribution >= 0.6 is 23.2 Å². The van der Waals surface area contributed by atoms with E-state index in [1.165, 1.54) is 37.4 Å². The van der Waals surface area contributed by atoms with Crippen molar-refractivity contribution in [2.75, 3.05) is 18.7 Å². The highest BCUT2D eigenvalue weighted by molar-refractivity contribution is 6.42. The van der Waals surface area contributed by atoms with Crippen molar-refractivity contribution in [3.63, 3.8) is 0 Å². The first-order valence-corrected chi connectivity index (χ1v) is 10.7. The molecule has 1 fully saturated rings. The van der Waals surface area contributed by atoms with Gasteiger partial charge in [0.25, 0.3) is 17.5 Å². The number of hydrogen-bond acceptors (Lipinski definition) is 6. The number of anilines is 1. The Morgan fingerprint density at radius 3 is 2.48 bits per heavy atom. The quantitative estimate of drug-likeness (QED) is 0.244. The summed E-state index contributed by atoms with van der Waals surface area (Å²) in [6.45, 7) is 4.41. The number of halogens is 2. The molecule has 2 aromatic rings. The van der Waals surface area contributed by atoms with Crippen LogP contribution in [0.3, 0.4) is 0 Å². The molecule has 1 aliphatic rings. The van der Waals surface area contributed by atoms with Gasteiger partial charge in [-0.15, -0.1) is 0 Å². The van der Waals surface area contributed by atoms with Crippen molar-refractivity contribution in [2.45, 2.75) is 20.3 Å². The van der Waals surface area contributed by atoms with Gasteiger partial charge in [-0.3, -0.25) is 25.1 Å². The van der Waals surface area contributed by atoms with Crippen LogP contribution in [0.2, 0.25) is 10.0 Å². The Hall–Kier alpha value is -3.30. The van der Waals surface area contributed by atoms with Crippen molar-refractivity contribution in [1.29, 1.82) is 0 Å².